The summed E-state index contributed by atoms with van der Waals surface area (Å²) in [6.07, 6.45) is 6.10. The van der Waals surface area contributed by atoms with Crippen LogP contribution in [0.3, 0.4) is 0 Å². The second-order valence-corrected chi connectivity index (χ2v) is 13.7. The predicted molar refractivity (Wildman–Crippen MR) is 165 cm³/mol. The molecular weight excluding hydrogens is 538 g/mol. The second-order valence-electron chi connectivity index (χ2n) is 13.7. The number of carbonyl (C=O) groups is 2. The van der Waals surface area contributed by atoms with E-state index < -0.39 is 11.8 Å². The van der Waals surface area contributed by atoms with Crippen LogP contribution in [0.5, 0.6) is 11.5 Å². The Bertz CT molecular complexity index is 1780. The fraction of sp³-hybridized carbons (Fsp3) is 0.405. The quantitative estimate of drug-likeness (QED) is 0.255. The molecule has 3 aromatic carbocycles. The highest BCUT2D eigenvalue weighted by Gasteiger charge is 2.59. The zero-order chi connectivity index (χ0) is 29.7. The molecular formula is C37H37NO5. The van der Waals surface area contributed by atoms with Crippen LogP contribution in [0.4, 0.5) is 5.69 Å². The minimum Gasteiger partial charge on any atom is -0.468 e. The highest BCUT2D eigenvalue weighted by atomic mass is 16.7. The number of rotatable bonds is 3. The standard InChI is InChI=1S/C37H37NO5/c1-36(2)22-13-14-37(36,3)23(16-22)17-26-31-24-8-6-5-7-20(24)9-11-27(31)38-34-32(26)28(39)18-25(33(34)35(40)41-4)21-10-12-29-30(15-21)43-19-42-29/h5-12,15,17,22,25-26,33,38H,13-14,16,18-19H2,1-4H3/t22?,25-,26+,33-,37?/m0/s1. The van der Waals surface area contributed by atoms with Gasteiger partial charge in [-0.1, -0.05) is 68.8 Å². The fourth-order valence-electron chi connectivity index (χ4n) is 8.96. The first-order valence-electron chi connectivity index (χ1n) is 15.5. The molecule has 220 valence electrons. The van der Waals surface area contributed by atoms with Crippen LogP contribution < -0.4 is 14.8 Å². The van der Waals surface area contributed by atoms with Crippen molar-refractivity contribution >= 4 is 28.2 Å². The van der Waals surface area contributed by atoms with Gasteiger partial charge in [0.25, 0.3) is 0 Å². The Hall–Kier alpha value is -4.06. The smallest absolute Gasteiger partial charge is 0.315 e. The number of esters is 1. The van der Waals surface area contributed by atoms with Crippen molar-refractivity contribution in [1.82, 2.24) is 0 Å². The molecule has 3 aromatic rings. The first-order chi connectivity index (χ1) is 20.7. The van der Waals surface area contributed by atoms with Crippen molar-refractivity contribution in [2.24, 2.45) is 22.7 Å². The third-order valence-corrected chi connectivity index (χ3v) is 11.8. The highest BCUT2D eigenvalue weighted by molar-refractivity contribution is 6.06. The average Bonchev–Trinajstić information content (AvgIpc) is 3.62. The highest BCUT2D eigenvalue weighted by Crippen LogP contribution is 2.68. The summed E-state index contributed by atoms with van der Waals surface area (Å²) in [5.74, 6) is 0.364. The molecule has 2 bridgehead atoms. The van der Waals surface area contributed by atoms with Gasteiger partial charge in [-0.2, -0.15) is 0 Å². The van der Waals surface area contributed by atoms with Gasteiger partial charge >= 0.3 is 5.97 Å². The van der Waals surface area contributed by atoms with Gasteiger partial charge in [-0.15, -0.1) is 0 Å². The molecule has 8 rings (SSSR count). The molecule has 6 nitrogen and oxygen atoms in total. The van der Waals surface area contributed by atoms with Gasteiger partial charge in [-0.05, 0) is 76.1 Å². The first-order valence-corrected chi connectivity index (χ1v) is 15.5. The lowest BCUT2D eigenvalue weighted by molar-refractivity contribution is -0.145. The van der Waals surface area contributed by atoms with Crippen LogP contribution in [-0.4, -0.2) is 25.7 Å². The van der Waals surface area contributed by atoms with E-state index in [1.54, 1.807) is 0 Å². The van der Waals surface area contributed by atoms with Crippen LogP contribution in [0.2, 0.25) is 0 Å². The molecule has 2 aliphatic heterocycles. The maximum atomic E-state index is 14.5. The predicted octanol–water partition coefficient (Wildman–Crippen LogP) is 7.65. The minimum atomic E-state index is -0.661. The van der Waals surface area contributed by atoms with Gasteiger partial charge in [-0.25, -0.2) is 0 Å². The SMILES string of the molecule is COC(=O)[C@@H]1C2=C(C(=O)C[C@H]1c1ccc3c(c1)OCO3)[C@H](C=C1CC3CCC1(C)C3(C)C)c1c(ccc3ccccc13)N2. The molecule has 6 heteroatoms. The Balaban J connectivity index is 1.34. The van der Waals surface area contributed by atoms with Crippen LogP contribution in [0.1, 0.15) is 69.4 Å². The van der Waals surface area contributed by atoms with E-state index in [0.29, 0.717) is 28.7 Å². The Morgan fingerprint density at radius 2 is 1.84 bits per heavy atom. The van der Waals surface area contributed by atoms with Crippen molar-refractivity contribution in [3.8, 4) is 11.5 Å². The maximum Gasteiger partial charge on any atom is 0.315 e. The summed E-state index contributed by atoms with van der Waals surface area (Å²) < 4.78 is 16.6. The summed E-state index contributed by atoms with van der Waals surface area (Å²) in [6.45, 7) is 7.41. The summed E-state index contributed by atoms with van der Waals surface area (Å²) in [4.78, 5) is 28.1. The first kappa shape index (κ1) is 26.6. The molecule has 2 heterocycles. The number of hydrogen-bond donors (Lipinski definition) is 1. The Morgan fingerprint density at radius 3 is 2.60 bits per heavy atom. The topological polar surface area (TPSA) is 73.9 Å². The maximum absolute atomic E-state index is 14.5. The minimum absolute atomic E-state index is 0.0679. The average molecular weight is 576 g/mol. The van der Waals surface area contributed by atoms with Gasteiger partial charge in [0.15, 0.2) is 17.3 Å². The summed E-state index contributed by atoms with van der Waals surface area (Å²) in [6, 6.07) is 18.3. The molecule has 0 amide bonds. The van der Waals surface area contributed by atoms with Crippen molar-refractivity contribution in [3.63, 3.8) is 0 Å². The number of nitrogens with one attached hydrogen (secondary N) is 1. The molecule has 5 atom stereocenters. The summed E-state index contributed by atoms with van der Waals surface area (Å²) in [5.41, 5.74) is 6.04. The fourth-order valence-corrected chi connectivity index (χ4v) is 8.96. The molecule has 43 heavy (non-hydrogen) atoms. The number of benzene rings is 3. The van der Waals surface area contributed by atoms with Crippen LogP contribution in [-0.2, 0) is 14.3 Å². The van der Waals surface area contributed by atoms with Crippen molar-refractivity contribution in [1.29, 1.82) is 0 Å². The number of Topliss-reactive ketones (excluding diaryl/α,β-unsaturated/α-hetero) is 1. The van der Waals surface area contributed by atoms with Gasteiger partial charge in [0.05, 0.1) is 7.11 Å². The van der Waals surface area contributed by atoms with E-state index in [-0.39, 0.29) is 41.7 Å². The van der Waals surface area contributed by atoms with E-state index in [1.807, 2.05) is 18.2 Å². The summed E-state index contributed by atoms with van der Waals surface area (Å²) >= 11 is 0. The summed E-state index contributed by atoms with van der Waals surface area (Å²) in [7, 11) is 1.43. The number of allylic oxidation sites excluding steroid dienone is 3. The number of hydrogen-bond acceptors (Lipinski definition) is 6. The van der Waals surface area contributed by atoms with E-state index in [1.165, 1.54) is 25.5 Å². The van der Waals surface area contributed by atoms with E-state index in [4.69, 9.17) is 14.2 Å². The van der Waals surface area contributed by atoms with Gasteiger partial charge in [0.2, 0.25) is 6.79 Å². The number of carbonyl (C=O) groups excluding carboxylic acids is 2. The molecule has 0 aromatic heterocycles. The monoisotopic (exact) mass is 575 g/mol. The van der Waals surface area contributed by atoms with E-state index >= 15 is 0 Å². The normalized spacial score (nSPS) is 30.8. The van der Waals surface area contributed by atoms with Crippen molar-refractivity contribution in [2.45, 2.75) is 58.3 Å². The van der Waals surface area contributed by atoms with E-state index in [0.717, 1.165) is 34.0 Å². The molecule has 1 N–H and O–H groups in total. The number of ketones is 1. The zero-order valence-corrected chi connectivity index (χ0v) is 25.2. The molecule has 2 unspecified atom stereocenters. The van der Waals surface area contributed by atoms with Gasteiger partial charge in [0.1, 0.15) is 5.92 Å². The van der Waals surface area contributed by atoms with Gasteiger partial charge in [-0.3, -0.25) is 9.59 Å². The number of methoxy groups -OCH3 is 1. The van der Waals surface area contributed by atoms with E-state index in [2.05, 4.69) is 68.6 Å². The van der Waals surface area contributed by atoms with Crippen molar-refractivity contribution in [3.05, 3.63) is 88.6 Å². The number of ether oxygens (including phenoxy) is 3. The summed E-state index contributed by atoms with van der Waals surface area (Å²) in [5, 5.41) is 5.90. The Morgan fingerprint density at radius 1 is 1.02 bits per heavy atom. The number of anilines is 1. The molecule has 2 fully saturated rings. The third-order valence-electron chi connectivity index (χ3n) is 11.8. The third kappa shape index (κ3) is 3.65. The lowest BCUT2D eigenvalue weighted by Gasteiger charge is -2.41. The largest absolute Gasteiger partial charge is 0.468 e. The molecule has 0 radical (unpaired) electrons. The second kappa shape index (κ2) is 9.22. The van der Waals surface area contributed by atoms with Crippen LogP contribution in [0, 0.1) is 22.7 Å². The van der Waals surface area contributed by atoms with E-state index in [9.17, 15) is 9.59 Å². The Kier molecular flexibility index (Phi) is 5.69. The number of fused-ring (bicyclic) bond motifs is 6. The molecule has 0 spiro atoms. The zero-order valence-electron chi connectivity index (χ0n) is 25.2. The molecule has 2 saturated carbocycles. The molecule has 3 aliphatic carbocycles. The van der Waals surface area contributed by atoms with Crippen LogP contribution >= 0.6 is 0 Å². The molecule has 5 aliphatic rings. The van der Waals surface area contributed by atoms with Gasteiger partial charge in [0, 0.05) is 35.2 Å². The lowest BCUT2D eigenvalue weighted by atomic mass is 9.65. The van der Waals surface area contributed by atoms with Crippen LogP contribution in [0.15, 0.2) is 77.5 Å². The van der Waals surface area contributed by atoms with Crippen molar-refractivity contribution < 1.29 is 23.8 Å². The Labute approximate surface area is 252 Å². The lowest BCUT2D eigenvalue weighted by Crippen LogP contribution is -2.39. The molecule has 0 saturated heterocycles. The van der Waals surface area contributed by atoms with Crippen LogP contribution in [0.25, 0.3) is 10.8 Å². The van der Waals surface area contributed by atoms with Gasteiger partial charge < -0.3 is 19.5 Å². The van der Waals surface area contributed by atoms with Crippen molar-refractivity contribution in [2.75, 3.05) is 19.2 Å².